The van der Waals surface area contributed by atoms with E-state index in [9.17, 15) is 4.79 Å². The monoisotopic (exact) mass is 296 g/mol. The lowest BCUT2D eigenvalue weighted by atomic mass is 10.2. The lowest BCUT2D eigenvalue weighted by Crippen LogP contribution is -2.12. The number of ether oxygens (including phenoxy) is 1. The minimum Gasteiger partial charge on any atom is -0.495 e. The number of carbonyl (C=O) groups excluding carboxylic acids is 1. The predicted molar refractivity (Wildman–Crippen MR) is 75.2 cm³/mol. The predicted octanol–water partition coefficient (Wildman–Crippen LogP) is 3.65. The van der Waals surface area contributed by atoms with Crippen molar-refractivity contribution in [2.45, 2.75) is 0 Å². The van der Waals surface area contributed by atoms with Crippen molar-refractivity contribution in [2.24, 2.45) is 0 Å². The van der Waals surface area contributed by atoms with E-state index in [2.05, 4.69) is 10.3 Å². The molecule has 1 aromatic carbocycles. The standard InChI is InChI=1S/C13H10Cl2N2O2/c1-19-12-6-9(14)11(5-10(12)15)17-13(18)8-3-2-4-16-7-8/h2-7H,1H3,(H,17,18). The van der Waals surface area contributed by atoms with Crippen LogP contribution in [0.4, 0.5) is 5.69 Å². The van der Waals surface area contributed by atoms with Gasteiger partial charge in [0, 0.05) is 18.5 Å². The number of benzene rings is 1. The summed E-state index contributed by atoms with van der Waals surface area (Å²) in [7, 11) is 1.49. The number of hydrogen-bond donors (Lipinski definition) is 1. The van der Waals surface area contributed by atoms with Crippen LogP contribution in [0.1, 0.15) is 10.4 Å². The van der Waals surface area contributed by atoms with Crippen molar-refractivity contribution in [1.29, 1.82) is 0 Å². The van der Waals surface area contributed by atoms with Crippen LogP contribution in [-0.2, 0) is 0 Å². The molecular weight excluding hydrogens is 287 g/mol. The Morgan fingerprint density at radius 3 is 2.74 bits per heavy atom. The van der Waals surface area contributed by atoms with Crippen LogP contribution in [-0.4, -0.2) is 18.0 Å². The van der Waals surface area contributed by atoms with Crippen LogP contribution in [0.2, 0.25) is 10.0 Å². The van der Waals surface area contributed by atoms with Gasteiger partial charge in [0.15, 0.2) is 0 Å². The molecule has 2 aromatic rings. The van der Waals surface area contributed by atoms with Gasteiger partial charge < -0.3 is 10.1 Å². The summed E-state index contributed by atoms with van der Waals surface area (Å²) in [6, 6.07) is 6.42. The van der Waals surface area contributed by atoms with Crippen molar-refractivity contribution in [1.82, 2.24) is 4.98 Å². The van der Waals surface area contributed by atoms with Crippen molar-refractivity contribution in [3.8, 4) is 5.75 Å². The van der Waals surface area contributed by atoms with Gasteiger partial charge in [-0.3, -0.25) is 9.78 Å². The first-order chi connectivity index (χ1) is 9.11. The fourth-order valence-electron chi connectivity index (χ4n) is 1.47. The second-order valence-corrected chi connectivity index (χ2v) is 4.48. The van der Waals surface area contributed by atoms with E-state index >= 15 is 0 Å². The summed E-state index contributed by atoms with van der Waals surface area (Å²) in [5, 5.41) is 3.38. The molecule has 98 valence electrons. The highest BCUT2D eigenvalue weighted by Gasteiger charge is 2.11. The van der Waals surface area contributed by atoms with Gasteiger partial charge in [0.2, 0.25) is 0 Å². The summed E-state index contributed by atoms with van der Waals surface area (Å²) >= 11 is 12.0. The third-order valence-electron chi connectivity index (χ3n) is 2.41. The molecule has 0 aliphatic rings. The van der Waals surface area contributed by atoms with Crippen molar-refractivity contribution in [3.63, 3.8) is 0 Å². The molecule has 0 aliphatic carbocycles. The minimum atomic E-state index is -0.309. The van der Waals surface area contributed by atoms with Crippen LogP contribution in [0.25, 0.3) is 0 Å². The first-order valence-corrected chi connectivity index (χ1v) is 6.12. The smallest absolute Gasteiger partial charge is 0.257 e. The average molecular weight is 297 g/mol. The molecule has 19 heavy (non-hydrogen) atoms. The van der Waals surface area contributed by atoms with E-state index in [0.717, 1.165) is 0 Å². The number of carbonyl (C=O) groups is 1. The maximum Gasteiger partial charge on any atom is 0.257 e. The van der Waals surface area contributed by atoms with Crippen molar-refractivity contribution in [3.05, 3.63) is 52.3 Å². The number of nitrogens with zero attached hydrogens (tertiary/aromatic N) is 1. The summed E-state index contributed by atoms with van der Waals surface area (Å²) in [6.45, 7) is 0. The summed E-state index contributed by atoms with van der Waals surface area (Å²) in [5.41, 5.74) is 0.854. The Kier molecular flexibility index (Phi) is 4.24. The van der Waals surface area contributed by atoms with E-state index in [1.165, 1.54) is 19.4 Å². The Hall–Kier alpha value is -1.78. The van der Waals surface area contributed by atoms with Crippen LogP contribution >= 0.6 is 23.2 Å². The Balaban J connectivity index is 2.25. The number of anilines is 1. The molecule has 0 saturated heterocycles. The van der Waals surface area contributed by atoms with Crippen molar-refractivity contribution >= 4 is 34.8 Å². The van der Waals surface area contributed by atoms with E-state index in [1.54, 1.807) is 24.4 Å². The van der Waals surface area contributed by atoms with Crippen LogP contribution in [0, 0.1) is 0 Å². The van der Waals surface area contributed by atoms with Crippen molar-refractivity contribution < 1.29 is 9.53 Å². The molecule has 1 amide bonds. The lowest BCUT2D eigenvalue weighted by molar-refractivity contribution is 0.102. The summed E-state index contributed by atoms with van der Waals surface area (Å²) in [4.78, 5) is 15.8. The Labute approximate surface area is 120 Å². The number of hydrogen-bond acceptors (Lipinski definition) is 3. The van der Waals surface area contributed by atoms with Crippen LogP contribution in [0.3, 0.4) is 0 Å². The molecule has 1 N–H and O–H groups in total. The summed E-state index contributed by atoms with van der Waals surface area (Å²) in [5.74, 6) is 0.141. The molecule has 0 unspecified atom stereocenters. The third-order valence-corrected chi connectivity index (χ3v) is 3.02. The van der Waals surface area contributed by atoms with Crippen molar-refractivity contribution in [2.75, 3.05) is 12.4 Å². The maximum atomic E-state index is 11.9. The number of rotatable bonds is 3. The van der Waals surface area contributed by atoms with Crippen LogP contribution in [0.5, 0.6) is 5.75 Å². The molecule has 0 atom stereocenters. The average Bonchev–Trinajstić information content (AvgIpc) is 2.43. The molecule has 1 aromatic heterocycles. The molecule has 0 saturated carbocycles. The molecule has 6 heteroatoms. The van der Waals surface area contributed by atoms with Gasteiger partial charge in [-0.15, -0.1) is 0 Å². The normalized spacial score (nSPS) is 10.1. The summed E-state index contributed by atoms with van der Waals surface area (Å²) < 4.78 is 5.03. The third kappa shape index (κ3) is 3.16. The quantitative estimate of drug-likeness (QED) is 0.940. The molecule has 1 heterocycles. The zero-order valence-electron chi connectivity index (χ0n) is 9.98. The number of nitrogens with one attached hydrogen (secondary N) is 1. The molecule has 2 rings (SSSR count). The Bertz CT molecular complexity index is 603. The zero-order chi connectivity index (χ0) is 13.8. The zero-order valence-corrected chi connectivity index (χ0v) is 11.5. The van der Waals surface area contributed by atoms with E-state index in [-0.39, 0.29) is 5.91 Å². The second-order valence-electron chi connectivity index (χ2n) is 3.66. The number of pyridine rings is 1. The van der Waals surface area contributed by atoms with Crippen LogP contribution < -0.4 is 10.1 Å². The molecular formula is C13H10Cl2N2O2. The minimum absolute atomic E-state index is 0.309. The van der Waals surface area contributed by atoms with Gasteiger partial charge in [0.05, 0.1) is 28.4 Å². The first-order valence-electron chi connectivity index (χ1n) is 5.36. The number of halogens is 2. The number of methoxy groups -OCH3 is 1. The van der Waals surface area contributed by atoms with Gasteiger partial charge in [0.25, 0.3) is 5.91 Å². The maximum absolute atomic E-state index is 11.9. The van der Waals surface area contributed by atoms with Gasteiger partial charge in [-0.2, -0.15) is 0 Å². The van der Waals surface area contributed by atoms with E-state index in [1.807, 2.05) is 0 Å². The molecule has 0 aliphatic heterocycles. The highest BCUT2D eigenvalue weighted by Crippen LogP contribution is 2.34. The molecule has 4 nitrogen and oxygen atoms in total. The molecule has 0 spiro atoms. The van der Waals surface area contributed by atoms with E-state index < -0.39 is 0 Å². The van der Waals surface area contributed by atoms with Gasteiger partial charge >= 0.3 is 0 Å². The van der Waals surface area contributed by atoms with Gasteiger partial charge in [-0.1, -0.05) is 23.2 Å². The van der Waals surface area contributed by atoms with Gasteiger partial charge in [0.1, 0.15) is 5.75 Å². The largest absolute Gasteiger partial charge is 0.495 e. The molecule has 0 radical (unpaired) electrons. The molecule has 0 bridgehead atoms. The molecule has 0 fully saturated rings. The van der Waals surface area contributed by atoms with Crippen LogP contribution in [0.15, 0.2) is 36.7 Å². The summed E-state index contributed by atoms with van der Waals surface area (Å²) in [6.07, 6.45) is 3.06. The van der Waals surface area contributed by atoms with Gasteiger partial charge in [-0.25, -0.2) is 0 Å². The second kappa shape index (κ2) is 5.91. The first kappa shape index (κ1) is 13.6. The van der Waals surface area contributed by atoms with E-state index in [4.69, 9.17) is 27.9 Å². The van der Waals surface area contributed by atoms with Gasteiger partial charge in [-0.05, 0) is 18.2 Å². The lowest BCUT2D eigenvalue weighted by Gasteiger charge is -2.10. The number of aromatic nitrogens is 1. The Morgan fingerprint density at radius 2 is 2.11 bits per heavy atom. The Morgan fingerprint density at radius 1 is 1.32 bits per heavy atom. The fraction of sp³-hybridized carbons (Fsp3) is 0.0769. The topological polar surface area (TPSA) is 51.2 Å². The number of amides is 1. The fourth-order valence-corrected chi connectivity index (χ4v) is 1.91. The highest BCUT2D eigenvalue weighted by molar-refractivity contribution is 6.36. The van der Waals surface area contributed by atoms with E-state index in [0.29, 0.717) is 27.0 Å². The SMILES string of the molecule is COc1cc(Cl)c(NC(=O)c2cccnc2)cc1Cl. The highest BCUT2D eigenvalue weighted by atomic mass is 35.5.